The third-order valence-corrected chi connectivity index (χ3v) is 4.10. The molecule has 4 atom stereocenters. The maximum atomic E-state index is 11.1. The number of carboxylic acids is 1. The van der Waals surface area contributed by atoms with E-state index in [9.17, 15) is 4.79 Å². The Kier molecular flexibility index (Phi) is 2.98. The van der Waals surface area contributed by atoms with Crippen LogP contribution in [0.25, 0.3) is 0 Å². The smallest absolute Gasteiger partial charge is 0.451 e. The Labute approximate surface area is 95.0 Å². The van der Waals surface area contributed by atoms with Gasteiger partial charge in [-0.25, -0.2) is 0 Å². The maximum Gasteiger partial charge on any atom is 0.451 e. The topological polar surface area (TPSA) is 89.8 Å². The van der Waals surface area contributed by atoms with Crippen LogP contribution in [0.1, 0.15) is 26.2 Å². The molecule has 1 saturated heterocycles. The molecule has 2 fully saturated rings. The number of rotatable bonds is 5. The Morgan fingerprint density at radius 1 is 1.56 bits per heavy atom. The van der Waals surface area contributed by atoms with Gasteiger partial charge in [-0.15, -0.1) is 0 Å². The standard InChI is InChI=1S/C10H18BNO4/c1-10(3-2-4-11(15)16)6-5-7(6)12-8(10)9(13)14/h6-8,12,15-16H,2-5H2,1H3,(H,13,14)/t6?,7?,8-,10-/m1/s1. The number of hydrogen-bond donors (Lipinski definition) is 4. The summed E-state index contributed by atoms with van der Waals surface area (Å²) >= 11 is 0. The summed E-state index contributed by atoms with van der Waals surface area (Å²) in [5.74, 6) is -0.344. The van der Waals surface area contributed by atoms with Crippen molar-refractivity contribution in [2.75, 3.05) is 0 Å². The van der Waals surface area contributed by atoms with Crippen LogP contribution in [-0.2, 0) is 4.79 Å². The number of nitrogens with one attached hydrogen (secondary N) is 1. The Bertz CT molecular complexity index is 299. The minimum atomic E-state index is -1.28. The zero-order valence-electron chi connectivity index (χ0n) is 9.39. The molecule has 5 nitrogen and oxygen atoms in total. The normalized spacial score (nSPS) is 40.6. The van der Waals surface area contributed by atoms with Crippen LogP contribution in [-0.4, -0.2) is 40.3 Å². The van der Waals surface area contributed by atoms with Crippen LogP contribution in [0.3, 0.4) is 0 Å². The largest absolute Gasteiger partial charge is 0.480 e. The first kappa shape index (κ1) is 11.9. The molecule has 2 aliphatic rings. The lowest BCUT2D eigenvalue weighted by Crippen LogP contribution is -2.45. The highest BCUT2D eigenvalue weighted by Crippen LogP contribution is 2.56. The summed E-state index contributed by atoms with van der Waals surface area (Å²) in [4.78, 5) is 11.1. The average Bonchev–Trinajstić information content (AvgIpc) is 2.87. The molecular weight excluding hydrogens is 209 g/mol. The molecule has 1 saturated carbocycles. The van der Waals surface area contributed by atoms with E-state index in [-0.39, 0.29) is 5.41 Å². The van der Waals surface area contributed by atoms with Gasteiger partial charge < -0.3 is 20.5 Å². The lowest BCUT2D eigenvalue weighted by molar-refractivity contribution is -0.142. The molecule has 0 aromatic rings. The number of carbonyl (C=O) groups is 1. The van der Waals surface area contributed by atoms with Gasteiger partial charge in [-0.05, 0) is 30.5 Å². The van der Waals surface area contributed by atoms with Crippen LogP contribution in [0.4, 0.5) is 0 Å². The highest BCUT2D eigenvalue weighted by Gasteiger charge is 2.62. The van der Waals surface area contributed by atoms with Crippen molar-refractivity contribution in [2.45, 2.75) is 44.6 Å². The predicted molar refractivity (Wildman–Crippen MR) is 58.8 cm³/mol. The van der Waals surface area contributed by atoms with Gasteiger partial charge in [0, 0.05) is 6.04 Å². The van der Waals surface area contributed by atoms with Crippen molar-refractivity contribution >= 4 is 13.1 Å². The van der Waals surface area contributed by atoms with E-state index < -0.39 is 19.1 Å². The van der Waals surface area contributed by atoms with E-state index in [1.54, 1.807) is 0 Å². The Morgan fingerprint density at radius 2 is 2.25 bits per heavy atom. The Morgan fingerprint density at radius 3 is 2.81 bits per heavy atom. The Balaban J connectivity index is 1.95. The molecule has 1 aliphatic heterocycles. The molecule has 2 rings (SSSR count). The van der Waals surface area contributed by atoms with Gasteiger partial charge >= 0.3 is 13.1 Å². The SMILES string of the molecule is C[C@@]1(CCCB(O)O)C2CC2N[C@@H]1C(=O)O. The third-order valence-electron chi connectivity index (χ3n) is 4.10. The predicted octanol–water partition coefficient (Wildman–Crippen LogP) is -0.309. The lowest BCUT2D eigenvalue weighted by Gasteiger charge is -2.31. The summed E-state index contributed by atoms with van der Waals surface area (Å²) in [5.41, 5.74) is -0.231. The fraction of sp³-hybridized carbons (Fsp3) is 0.900. The van der Waals surface area contributed by atoms with Crippen molar-refractivity contribution in [1.29, 1.82) is 0 Å². The maximum absolute atomic E-state index is 11.1. The third kappa shape index (κ3) is 1.97. The monoisotopic (exact) mass is 227 g/mol. The quantitative estimate of drug-likeness (QED) is 0.484. The van der Waals surface area contributed by atoms with Crippen molar-refractivity contribution in [2.24, 2.45) is 11.3 Å². The van der Waals surface area contributed by atoms with Gasteiger partial charge in [-0.2, -0.15) is 0 Å². The number of piperidine rings is 1. The molecule has 90 valence electrons. The van der Waals surface area contributed by atoms with Gasteiger partial charge in [0.1, 0.15) is 6.04 Å². The van der Waals surface area contributed by atoms with E-state index >= 15 is 0 Å². The first-order valence-electron chi connectivity index (χ1n) is 5.80. The van der Waals surface area contributed by atoms with E-state index in [1.165, 1.54) is 0 Å². The molecule has 0 bridgehead atoms. The summed E-state index contributed by atoms with van der Waals surface area (Å²) in [6, 6.07) is -0.114. The van der Waals surface area contributed by atoms with Crippen molar-refractivity contribution in [3.8, 4) is 0 Å². The number of carboxylic acid groups (broad SMARTS) is 1. The van der Waals surface area contributed by atoms with Gasteiger partial charge in [0.25, 0.3) is 0 Å². The van der Waals surface area contributed by atoms with E-state index in [2.05, 4.69) is 5.32 Å². The van der Waals surface area contributed by atoms with Gasteiger partial charge in [-0.1, -0.05) is 13.3 Å². The zero-order valence-corrected chi connectivity index (χ0v) is 9.39. The minimum absolute atomic E-state index is 0.231. The zero-order chi connectivity index (χ0) is 11.9. The number of hydrogen-bond acceptors (Lipinski definition) is 4. The number of fused-ring (bicyclic) bond motifs is 1. The van der Waals surface area contributed by atoms with Crippen LogP contribution in [0.15, 0.2) is 0 Å². The summed E-state index contributed by atoms with van der Waals surface area (Å²) in [6.45, 7) is 2.00. The first-order chi connectivity index (χ1) is 7.45. The summed E-state index contributed by atoms with van der Waals surface area (Å²) in [7, 11) is -1.28. The molecule has 0 radical (unpaired) electrons. The molecular formula is C10H18BNO4. The molecule has 16 heavy (non-hydrogen) atoms. The lowest BCUT2D eigenvalue weighted by atomic mass is 9.72. The number of aliphatic carboxylic acids is 1. The van der Waals surface area contributed by atoms with E-state index in [4.69, 9.17) is 15.2 Å². The Hall–Kier alpha value is -0.585. The summed E-state index contributed by atoms with van der Waals surface area (Å²) in [6.07, 6.45) is 2.76. The highest BCUT2D eigenvalue weighted by molar-refractivity contribution is 6.40. The average molecular weight is 227 g/mol. The molecule has 2 unspecified atom stereocenters. The van der Waals surface area contributed by atoms with E-state index in [1.807, 2.05) is 6.92 Å². The highest BCUT2D eigenvalue weighted by atomic mass is 16.4. The molecule has 1 aliphatic carbocycles. The van der Waals surface area contributed by atoms with Gasteiger partial charge in [0.05, 0.1) is 0 Å². The van der Waals surface area contributed by atoms with Crippen LogP contribution in [0.5, 0.6) is 0 Å². The molecule has 4 N–H and O–H groups in total. The second-order valence-electron chi connectivity index (χ2n) is 5.27. The molecule has 0 spiro atoms. The molecule has 1 heterocycles. The van der Waals surface area contributed by atoms with Crippen LogP contribution < -0.4 is 5.32 Å². The minimum Gasteiger partial charge on any atom is -0.480 e. The van der Waals surface area contributed by atoms with Crippen molar-refractivity contribution in [1.82, 2.24) is 5.32 Å². The van der Waals surface area contributed by atoms with E-state index in [0.717, 1.165) is 12.8 Å². The van der Waals surface area contributed by atoms with Crippen LogP contribution in [0, 0.1) is 11.3 Å². The fourth-order valence-electron chi connectivity index (χ4n) is 3.08. The second-order valence-corrected chi connectivity index (χ2v) is 5.27. The van der Waals surface area contributed by atoms with Crippen molar-refractivity contribution in [3.05, 3.63) is 0 Å². The van der Waals surface area contributed by atoms with Gasteiger partial charge in [-0.3, -0.25) is 4.79 Å². The molecule has 0 aromatic heterocycles. The first-order valence-corrected chi connectivity index (χ1v) is 5.80. The van der Waals surface area contributed by atoms with Crippen molar-refractivity contribution < 1.29 is 19.9 Å². The molecule has 0 amide bonds. The molecule has 0 aromatic carbocycles. The summed E-state index contributed by atoms with van der Waals surface area (Å²) in [5, 5.41) is 29.8. The van der Waals surface area contributed by atoms with Gasteiger partial charge in [0.15, 0.2) is 0 Å². The van der Waals surface area contributed by atoms with Crippen molar-refractivity contribution in [3.63, 3.8) is 0 Å². The van der Waals surface area contributed by atoms with Crippen LogP contribution in [0.2, 0.25) is 6.32 Å². The van der Waals surface area contributed by atoms with Gasteiger partial charge in [0.2, 0.25) is 0 Å². The molecule has 6 heteroatoms. The summed E-state index contributed by atoms with van der Waals surface area (Å²) < 4.78 is 0. The van der Waals surface area contributed by atoms with Crippen LogP contribution >= 0.6 is 0 Å². The fourth-order valence-corrected chi connectivity index (χ4v) is 3.08. The van der Waals surface area contributed by atoms with E-state index in [0.29, 0.717) is 24.7 Å². The second kappa shape index (κ2) is 4.02.